The lowest BCUT2D eigenvalue weighted by Gasteiger charge is -2.15. The van der Waals surface area contributed by atoms with Crippen LogP contribution in [0, 0.1) is 3.57 Å². The molecule has 1 aromatic carbocycles. The molecule has 0 aliphatic rings. The van der Waals surface area contributed by atoms with Crippen molar-refractivity contribution in [3.05, 3.63) is 27.3 Å². The number of amides is 3. The zero-order chi connectivity index (χ0) is 15.3. The van der Waals surface area contributed by atoms with E-state index in [0.717, 1.165) is 3.57 Å². The van der Waals surface area contributed by atoms with Crippen molar-refractivity contribution >= 4 is 40.5 Å². The predicted octanol–water partition coefficient (Wildman–Crippen LogP) is 1.21. The number of carboxylic acids is 1. The number of nitrogens with one attached hydrogen (secondary N) is 2. The van der Waals surface area contributed by atoms with E-state index >= 15 is 0 Å². The molecule has 0 radical (unpaired) electrons. The highest BCUT2D eigenvalue weighted by molar-refractivity contribution is 14.1. The normalized spacial score (nSPS) is 11.3. The minimum Gasteiger partial charge on any atom is -0.480 e. The van der Waals surface area contributed by atoms with Crippen molar-refractivity contribution in [2.75, 3.05) is 7.05 Å². The predicted molar refractivity (Wildman–Crippen MR) is 78.8 cm³/mol. The van der Waals surface area contributed by atoms with Gasteiger partial charge < -0.3 is 15.2 Å². The monoisotopic (exact) mass is 392 g/mol. The lowest BCUT2D eigenvalue weighted by molar-refractivity contribution is -0.126. The van der Waals surface area contributed by atoms with Gasteiger partial charge in [0.2, 0.25) is 0 Å². The van der Waals surface area contributed by atoms with Crippen LogP contribution in [0.25, 0.3) is 0 Å². The van der Waals surface area contributed by atoms with E-state index in [1.54, 1.807) is 6.07 Å². The van der Waals surface area contributed by atoms with Gasteiger partial charge >= 0.3 is 12.0 Å². The molecule has 0 fully saturated rings. The van der Waals surface area contributed by atoms with Crippen molar-refractivity contribution in [2.45, 2.75) is 13.0 Å². The van der Waals surface area contributed by atoms with Gasteiger partial charge in [-0.05, 0) is 47.7 Å². The summed E-state index contributed by atoms with van der Waals surface area (Å²) in [7, 11) is 1.37. The largest absolute Gasteiger partial charge is 0.480 e. The highest BCUT2D eigenvalue weighted by Gasteiger charge is 2.20. The van der Waals surface area contributed by atoms with Crippen LogP contribution in [0.15, 0.2) is 18.2 Å². The Hall–Kier alpha value is -1.84. The van der Waals surface area contributed by atoms with Crippen LogP contribution in [-0.4, -0.2) is 36.2 Å². The molecule has 1 unspecified atom stereocenters. The third kappa shape index (κ3) is 4.37. The molecular weight excluding hydrogens is 379 g/mol. The smallest absolute Gasteiger partial charge is 0.339 e. The molecule has 1 rings (SSSR count). The molecule has 1 aromatic rings. The molecule has 0 saturated heterocycles. The summed E-state index contributed by atoms with van der Waals surface area (Å²) < 4.78 is 6.02. The topological polar surface area (TPSA) is 105 Å². The summed E-state index contributed by atoms with van der Waals surface area (Å²) in [6, 6.07) is 3.90. The molecule has 20 heavy (non-hydrogen) atoms. The number of carbonyl (C=O) groups excluding carboxylic acids is 2. The highest BCUT2D eigenvalue weighted by atomic mass is 127. The number of hydrogen-bond acceptors (Lipinski definition) is 4. The molecule has 0 saturated carbocycles. The molecule has 7 nitrogen and oxygen atoms in total. The Kier molecular flexibility index (Phi) is 5.74. The van der Waals surface area contributed by atoms with E-state index in [1.807, 2.05) is 27.9 Å². The number of carbonyl (C=O) groups is 3. The summed E-state index contributed by atoms with van der Waals surface area (Å²) >= 11 is 1.97. The van der Waals surface area contributed by atoms with E-state index in [2.05, 4.69) is 5.32 Å². The van der Waals surface area contributed by atoms with Crippen LogP contribution in [0.5, 0.6) is 5.75 Å². The maximum Gasteiger partial charge on any atom is 0.339 e. The van der Waals surface area contributed by atoms with Crippen LogP contribution in [0.4, 0.5) is 4.79 Å². The van der Waals surface area contributed by atoms with Crippen LogP contribution in [-0.2, 0) is 4.79 Å². The van der Waals surface area contributed by atoms with E-state index < -0.39 is 24.0 Å². The lowest BCUT2D eigenvalue weighted by Crippen LogP contribution is -2.44. The van der Waals surface area contributed by atoms with Crippen molar-refractivity contribution in [2.24, 2.45) is 0 Å². The van der Waals surface area contributed by atoms with E-state index in [0.29, 0.717) is 0 Å². The summed E-state index contributed by atoms with van der Waals surface area (Å²) in [6.07, 6.45) is -1.01. The zero-order valence-corrected chi connectivity index (χ0v) is 12.9. The van der Waals surface area contributed by atoms with E-state index in [-0.39, 0.29) is 11.3 Å². The van der Waals surface area contributed by atoms with Crippen LogP contribution < -0.4 is 15.4 Å². The Balaban J connectivity index is 2.85. The van der Waals surface area contributed by atoms with Crippen molar-refractivity contribution in [1.82, 2.24) is 10.6 Å². The SMILES string of the molecule is CNC(=O)NC(=O)C(C)Oc1ccc(I)cc1C(=O)O. The maximum atomic E-state index is 11.6. The zero-order valence-electron chi connectivity index (χ0n) is 10.8. The highest BCUT2D eigenvalue weighted by Crippen LogP contribution is 2.22. The van der Waals surface area contributed by atoms with Gasteiger partial charge in [0.15, 0.2) is 6.10 Å². The van der Waals surface area contributed by atoms with Gasteiger partial charge in [0.1, 0.15) is 11.3 Å². The number of benzene rings is 1. The molecule has 108 valence electrons. The van der Waals surface area contributed by atoms with Crippen molar-refractivity contribution in [3.63, 3.8) is 0 Å². The van der Waals surface area contributed by atoms with Crippen LogP contribution in [0.1, 0.15) is 17.3 Å². The van der Waals surface area contributed by atoms with Gasteiger partial charge in [0.05, 0.1) is 0 Å². The quantitative estimate of drug-likeness (QED) is 0.669. The fraction of sp³-hybridized carbons (Fsp3) is 0.250. The number of carboxylic acid groups (broad SMARTS) is 1. The fourth-order valence-corrected chi connectivity index (χ4v) is 1.78. The number of halogens is 1. The molecule has 0 aromatic heterocycles. The van der Waals surface area contributed by atoms with Crippen molar-refractivity contribution in [3.8, 4) is 5.75 Å². The summed E-state index contributed by atoms with van der Waals surface area (Å²) in [5, 5.41) is 13.4. The second-order valence-corrected chi connectivity index (χ2v) is 5.02. The van der Waals surface area contributed by atoms with Crippen LogP contribution in [0.2, 0.25) is 0 Å². The van der Waals surface area contributed by atoms with E-state index in [4.69, 9.17) is 9.84 Å². The first-order valence-corrected chi connectivity index (χ1v) is 6.65. The van der Waals surface area contributed by atoms with Crippen molar-refractivity contribution in [1.29, 1.82) is 0 Å². The van der Waals surface area contributed by atoms with Crippen LogP contribution in [0.3, 0.4) is 0 Å². The molecular formula is C12H13IN2O5. The standard InChI is InChI=1S/C12H13IN2O5/c1-6(10(16)15-12(19)14-2)20-9-4-3-7(13)5-8(9)11(17)18/h3-6H,1-2H3,(H,17,18)(H2,14,15,16,19). The average Bonchev–Trinajstić information content (AvgIpc) is 2.40. The molecule has 0 spiro atoms. The molecule has 3 N–H and O–H groups in total. The van der Waals surface area contributed by atoms with E-state index in [9.17, 15) is 14.4 Å². The lowest BCUT2D eigenvalue weighted by atomic mass is 10.2. The van der Waals surface area contributed by atoms with E-state index in [1.165, 1.54) is 26.1 Å². The Morgan fingerprint density at radius 2 is 2.00 bits per heavy atom. The first-order valence-electron chi connectivity index (χ1n) is 5.57. The van der Waals surface area contributed by atoms with Gasteiger partial charge in [-0.15, -0.1) is 0 Å². The molecule has 0 heterocycles. The van der Waals surface area contributed by atoms with Gasteiger partial charge in [-0.2, -0.15) is 0 Å². The number of imide groups is 1. The Bertz CT molecular complexity index is 547. The summed E-state index contributed by atoms with van der Waals surface area (Å²) in [6.45, 7) is 1.42. The first-order chi connectivity index (χ1) is 9.35. The third-order valence-corrected chi connectivity index (χ3v) is 2.98. The number of aromatic carboxylic acids is 1. The molecule has 3 amide bonds. The summed E-state index contributed by atoms with van der Waals surface area (Å²) in [4.78, 5) is 33.7. The Labute approximate surface area is 128 Å². The minimum absolute atomic E-state index is 0.0449. The molecule has 8 heteroatoms. The molecule has 0 aliphatic carbocycles. The second-order valence-electron chi connectivity index (χ2n) is 3.77. The van der Waals surface area contributed by atoms with Crippen LogP contribution >= 0.6 is 22.6 Å². The van der Waals surface area contributed by atoms with Crippen molar-refractivity contribution < 1.29 is 24.2 Å². The van der Waals surface area contributed by atoms with Gasteiger partial charge in [0, 0.05) is 10.6 Å². The first kappa shape index (κ1) is 16.2. The average molecular weight is 392 g/mol. The minimum atomic E-state index is -1.16. The molecule has 1 atom stereocenters. The second kappa shape index (κ2) is 7.08. The summed E-state index contributed by atoms with van der Waals surface area (Å²) in [5.41, 5.74) is -0.0449. The van der Waals surface area contributed by atoms with Gasteiger partial charge in [-0.1, -0.05) is 0 Å². The van der Waals surface area contributed by atoms with Gasteiger partial charge in [-0.3, -0.25) is 10.1 Å². The van der Waals surface area contributed by atoms with Gasteiger partial charge in [0.25, 0.3) is 5.91 Å². The molecule has 0 bridgehead atoms. The Morgan fingerprint density at radius 3 is 2.55 bits per heavy atom. The fourth-order valence-electron chi connectivity index (χ4n) is 1.29. The number of rotatable bonds is 4. The van der Waals surface area contributed by atoms with Gasteiger partial charge in [-0.25, -0.2) is 9.59 Å². The Morgan fingerprint density at radius 1 is 1.35 bits per heavy atom. The third-order valence-electron chi connectivity index (χ3n) is 2.31. The number of ether oxygens (including phenoxy) is 1. The summed E-state index contributed by atoms with van der Waals surface area (Å²) in [5.74, 6) is -1.76. The number of urea groups is 1. The number of hydrogen-bond donors (Lipinski definition) is 3. The molecule has 0 aliphatic heterocycles. The maximum absolute atomic E-state index is 11.6.